The molecule has 3 rings (SSSR count). The van der Waals surface area contributed by atoms with Crippen molar-refractivity contribution in [1.29, 1.82) is 0 Å². The van der Waals surface area contributed by atoms with Crippen molar-refractivity contribution in [2.45, 2.75) is 20.0 Å². The zero-order chi connectivity index (χ0) is 17.3. The summed E-state index contributed by atoms with van der Waals surface area (Å²) in [5, 5.41) is 0. The Morgan fingerprint density at radius 2 is 1.38 bits per heavy atom. The second-order valence-corrected chi connectivity index (χ2v) is 5.83. The molecule has 1 heterocycles. The molecule has 0 saturated heterocycles. The smallest absolute Gasteiger partial charge is 0.253 e. The standard InChI is InChI=1S/C20H16F3N/c1-13-9-14(2)24-19(10-13)17-7-3-5-15(11-17)16-6-4-8-18(12-16)20(21,22)23/h3-12H,1-2H3. The second kappa shape index (κ2) is 6.11. The maximum Gasteiger partial charge on any atom is 0.416 e. The minimum Gasteiger partial charge on any atom is -0.253 e. The highest BCUT2D eigenvalue weighted by molar-refractivity contribution is 5.72. The molecule has 0 aliphatic heterocycles. The van der Waals surface area contributed by atoms with Crippen molar-refractivity contribution in [2.75, 3.05) is 0 Å². The molecule has 1 aromatic heterocycles. The summed E-state index contributed by atoms with van der Waals surface area (Å²) < 4.78 is 38.7. The summed E-state index contributed by atoms with van der Waals surface area (Å²) in [5.41, 5.74) is 4.35. The Bertz CT molecular complexity index is 862. The van der Waals surface area contributed by atoms with Crippen LogP contribution in [0.1, 0.15) is 16.8 Å². The van der Waals surface area contributed by atoms with Crippen LogP contribution in [0.4, 0.5) is 13.2 Å². The number of rotatable bonds is 2. The predicted octanol–water partition coefficient (Wildman–Crippen LogP) is 6.05. The first kappa shape index (κ1) is 16.2. The van der Waals surface area contributed by atoms with Gasteiger partial charge < -0.3 is 0 Å². The average molecular weight is 327 g/mol. The molecule has 4 heteroatoms. The highest BCUT2D eigenvalue weighted by atomic mass is 19.4. The summed E-state index contributed by atoms with van der Waals surface area (Å²) in [4.78, 5) is 4.52. The van der Waals surface area contributed by atoms with Crippen LogP contribution in [0.5, 0.6) is 0 Å². The fourth-order valence-electron chi connectivity index (χ4n) is 2.72. The lowest BCUT2D eigenvalue weighted by molar-refractivity contribution is -0.137. The molecule has 122 valence electrons. The number of halogens is 3. The van der Waals surface area contributed by atoms with Crippen LogP contribution in [0.3, 0.4) is 0 Å². The lowest BCUT2D eigenvalue weighted by atomic mass is 9.99. The maximum atomic E-state index is 12.9. The van der Waals surface area contributed by atoms with Crippen molar-refractivity contribution < 1.29 is 13.2 Å². The van der Waals surface area contributed by atoms with Crippen molar-refractivity contribution in [3.05, 3.63) is 77.5 Å². The van der Waals surface area contributed by atoms with Gasteiger partial charge in [0.05, 0.1) is 11.3 Å². The molecule has 0 amide bonds. The molecule has 0 unspecified atom stereocenters. The van der Waals surface area contributed by atoms with Crippen LogP contribution in [-0.4, -0.2) is 4.98 Å². The van der Waals surface area contributed by atoms with E-state index in [0.717, 1.165) is 34.1 Å². The lowest BCUT2D eigenvalue weighted by Gasteiger charge is -2.10. The number of nitrogens with zero attached hydrogens (tertiary/aromatic N) is 1. The third-order valence-corrected chi connectivity index (χ3v) is 3.78. The van der Waals surface area contributed by atoms with Gasteiger partial charge in [0.15, 0.2) is 0 Å². The largest absolute Gasteiger partial charge is 0.416 e. The summed E-state index contributed by atoms with van der Waals surface area (Å²) in [5.74, 6) is 0. The first-order chi connectivity index (χ1) is 11.3. The molecule has 0 aliphatic rings. The van der Waals surface area contributed by atoms with E-state index < -0.39 is 11.7 Å². The first-order valence-electron chi connectivity index (χ1n) is 7.56. The highest BCUT2D eigenvalue weighted by Crippen LogP contribution is 2.33. The van der Waals surface area contributed by atoms with Gasteiger partial charge in [0.25, 0.3) is 0 Å². The Labute approximate surface area is 138 Å². The molecule has 0 bridgehead atoms. The van der Waals surface area contributed by atoms with Gasteiger partial charge in [0, 0.05) is 11.3 Å². The normalized spacial score (nSPS) is 11.5. The van der Waals surface area contributed by atoms with Gasteiger partial charge in [0.2, 0.25) is 0 Å². The molecule has 0 atom stereocenters. The van der Waals surface area contributed by atoms with Crippen molar-refractivity contribution >= 4 is 0 Å². The van der Waals surface area contributed by atoms with Gasteiger partial charge in [-0.05, 0) is 60.9 Å². The Hall–Kier alpha value is -2.62. The van der Waals surface area contributed by atoms with Gasteiger partial charge in [-0.25, -0.2) is 0 Å². The van der Waals surface area contributed by atoms with E-state index >= 15 is 0 Å². The minimum atomic E-state index is -4.34. The van der Waals surface area contributed by atoms with E-state index in [-0.39, 0.29) is 0 Å². The topological polar surface area (TPSA) is 12.9 Å². The maximum absolute atomic E-state index is 12.9. The summed E-state index contributed by atoms with van der Waals surface area (Å²) in [6.07, 6.45) is -4.34. The van der Waals surface area contributed by atoms with Crippen LogP contribution in [0.15, 0.2) is 60.7 Å². The third-order valence-electron chi connectivity index (χ3n) is 3.78. The van der Waals surface area contributed by atoms with Crippen molar-refractivity contribution in [1.82, 2.24) is 4.98 Å². The van der Waals surface area contributed by atoms with E-state index in [1.165, 1.54) is 12.1 Å². The Morgan fingerprint density at radius 3 is 2.04 bits per heavy atom. The molecular formula is C20H16F3N. The molecule has 0 saturated carbocycles. The monoisotopic (exact) mass is 327 g/mol. The zero-order valence-corrected chi connectivity index (χ0v) is 13.4. The van der Waals surface area contributed by atoms with E-state index in [2.05, 4.69) is 4.98 Å². The van der Waals surface area contributed by atoms with Gasteiger partial charge in [-0.15, -0.1) is 0 Å². The number of benzene rings is 2. The molecule has 0 N–H and O–H groups in total. The van der Waals surface area contributed by atoms with Gasteiger partial charge in [-0.2, -0.15) is 13.2 Å². The van der Waals surface area contributed by atoms with E-state index in [9.17, 15) is 13.2 Å². The third kappa shape index (κ3) is 3.48. The zero-order valence-electron chi connectivity index (χ0n) is 13.4. The van der Waals surface area contributed by atoms with Crippen LogP contribution in [0, 0.1) is 13.8 Å². The van der Waals surface area contributed by atoms with E-state index in [1.807, 2.05) is 50.2 Å². The lowest BCUT2D eigenvalue weighted by Crippen LogP contribution is -2.04. The number of hydrogen-bond donors (Lipinski definition) is 0. The summed E-state index contributed by atoms with van der Waals surface area (Å²) in [6, 6.07) is 16.8. The van der Waals surface area contributed by atoms with Gasteiger partial charge >= 0.3 is 6.18 Å². The molecule has 0 radical (unpaired) electrons. The molecule has 1 nitrogen and oxygen atoms in total. The van der Waals surface area contributed by atoms with Crippen LogP contribution >= 0.6 is 0 Å². The van der Waals surface area contributed by atoms with Crippen molar-refractivity contribution in [3.63, 3.8) is 0 Å². The van der Waals surface area contributed by atoms with E-state index in [1.54, 1.807) is 6.07 Å². The first-order valence-corrected chi connectivity index (χ1v) is 7.56. The number of alkyl halides is 3. The van der Waals surface area contributed by atoms with Gasteiger partial charge in [-0.3, -0.25) is 4.98 Å². The number of aromatic nitrogens is 1. The Balaban J connectivity index is 2.05. The Morgan fingerprint density at radius 1 is 0.750 bits per heavy atom. The number of pyridine rings is 1. The summed E-state index contributed by atoms with van der Waals surface area (Å²) >= 11 is 0. The molecule has 0 fully saturated rings. The Kier molecular flexibility index (Phi) is 4.14. The quantitative estimate of drug-likeness (QED) is 0.558. The molecule has 2 aromatic carbocycles. The summed E-state index contributed by atoms with van der Waals surface area (Å²) in [7, 11) is 0. The fraction of sp³-hybridized carbons (Fsp3) is 0.150. The predicted molar refractivity (Wildman–Crippen MR) is 89.6 cm³/mol. The second-order valence-electron chi connectivity index (χ2n) is 5.83. The van der Waals surface area contributed by atoms with Gasteiger partial charge in [-0.1, -0.05) is 30.3 Å². The van der Waals surface area contributed by atoms with Crippen molar-refractivity contribution in [2.24, 2.45) is 0 Å². The van der Waals surface area contributed by atoms with Crippen LogP contribution in [0.2, 0.25) is 0 Å². The van der Waals surface area contributed by atoms with Crippen LogP contribution < -0.4 is 0 Å². The van der Waals surface area contributed by atoms with E-state index in [0.29, 0.717) is 5.56 Å². The van der Waals surface area contributed by atoms with Gasteiger partial charge in [0.1, 0.15) is 0 Å². The molecule has 0 aliphatic carbocycles. The molecule has 3 aromatic rings. The molecular weight excluding hydrogens is 311 g/mol. The highest BCUT2D eigenvalue weighted by Gasteiger charge is 2.30. The average Bonchev–Trinajstić information content (AvgIpc) is 2.53. The van der Waals surface area contributed by atoms with Crippen molar-refractivity contribution in [3.8, 4) is 22.4 Å². The van der Waals surface area contributed by atoms with Crippen LogP contribution in [0.25, 0.3) is 22.4 Å². The van der Waals surface area contributed by atoms with E-state index in [4.69, 9.17) is 0 Å². The molecule has 24 heavy (non-hydrogen) atoms. The SMILES string of the molecule is Cc1cc(C)nc(-c2cccc(-c3cccc(C(F)(F)F)c3)c2)c1. The fourth-order valence-corrected chi connectivity index (χ4v) is 2.72. The number of hydrogen-bond acceptors (Lipinski definition) is 1. The minimum absolute atomic E-state index is 0.538. The van der Waals surface area contributed by atoms with Crippen LogP contribution in [-0.2, 0) is 6.18 Å². The molecule has 0 spiro atoms. The number of aryl methyl sites for hydroxylation is 2. The summed E-state index contributed by atoms with van der Waals surface area (Å²) in [6.45, 7) is 3.92.